The van der Waals surface area contributed by atoms with Crippen molar-refractivity contribution in [2.75, 3.05) is 0 Å². The Kier molecular flexibility index (Phi) is 4.45. The van der Waals surface area contributed by atoms with Crippen molar-refractivity contribution < 1.29 is 23.4 Å². The van der Waals surface area contributed by atoms with Crippen molar-refractivity contribution in [3.63, 3.8) is 0 Å². The van der Waals surface area contributed by atoms with Crippen LogP contribution in [0.1, 0.15) is 35.7 Å². The molecule has 1 N–H and O–H groups in total. The summed E-state index contributed by atoms with van der Waals surface area (Å²) < 4.78 is 28.8. The number of hydrogen-bond donors (Lipinski definition) is 1. The number of aromatic carboxylic acids is 1. The Morgan fingerprint density at radius 1 is 1.41 bits per heavy atom. The second-order valence-corrected chi connectivity index (χ2v) is 4.57. The van der Waals surface area contributed by atoms with Gasteiger partial charge in [-0.15, -0.1) is 0 Å². The SMILES string of the molecule is CC(C)c1cc(Br)c(OC(F)F)c(C(=O)O)c1. The highest BCUT2D eigenvalue weighted by molar-refractivity contribution is 9.10. The van der Waals surface area contributed by atoms with Crippen molar-refractivity contribution in [1.82, 2.24) is 0 Å². The van der Waals surface area contributed by atoms with Crippen LogP contribution < -0.4 is 4.74 Å². The van der Waals surface area contributed by atoms with E-state index in [2.05, 4.69) is 20.7 Å². The first-order valence-electron chi connectivity index (χ1n) is 4.84. The zero-order valence-electron chi connectivity index (χ0n) is 9.21. The van der Waals surface area contributed by atoms with E-state index >= 15 is 0 Å². The van der Waals surface area contributed by atoms with Crippen molar-refractivity contribution in [2.45, 2.75) is 26.4 Å². The van der Waals surface area contributed by atoms with Gasteiger partial charge in [0.25, 0.3) is 0 Å². The predicted molar refractivity (Wildman–Crippen MR) is 61.8 cm³/mol. The van der Waals surface area contributed by atoms with E-state index < -0.39 is 12.6 Å². The van der Waals surface area contributed by atoms with Crippen LogP contribution in [0.4, 0.5) is 8.78 Å². The van der Waals surface area contributed by atoms with Gasteiger partial charge in [0.1, 0.15) is 5.56 Å². The second kappa shape index (κ2) is 5.44. The minimum atomic E-state index is -3.06. The molecule has 0 atom stereocenters. The van der Waals surface area contributed by atoms with Crippen LogP contribution in [0.3, 0.4) is 0 Å². The van der Waals surface area contributed by atoms with Gasteiger partial charge in [-0.05, 0) is 39.5 Å². The third-order valence-electron chi connectivity index (χ3n) is 2.17. The molecule has 0 radical (unpaired) electrons. The number of carboxylic acid groups (broad SMARTS) is 1. The van der Waals surface area contributed by atoms with Gasteiger partial charge in [-0.3, -0.25) is 0 Å². The summed E-state index contributed by atoms with van der Waals surface area (Å²) in [6.07, 6.45) is 0. The molecule has 0 saturated carbocycles. The van der Waals surface area contributed by atoms with E-state index in [0.717, 1.165) is 5.56 Å². The highest BCUT2D eigenvalue weighted by Crippen LogP contribution is 2.34. The molecule has 3 nitrogen and oxygen atoms in total. The largest absolute Gasteiger partial charge is 0.478 e. The van der Waals surface area contributed by atoms with Crippen molar-refractivity contribution in [2.24, 2.45) is 0 Å². The summed E-state index contributed by atoms with van der Waals surface area (Å²) >= 11 is 3.04. The van der Waals surface area contributed by atoms with E-state index in [1.54, 1.807) is 6.07 Å². The molecule has 0 aliphatic carbocycles. The molecule has 0 aliphatic heterocycles. The lowest BCUT2D eigenvalue weighted by molar-refractivity contribution is -0.0508. The molecular formula is C11H11BrF2O3. The predicted octanol–water partition coefficient (Wildman–Crippen LogP) is 3.87. The molecule has 0 unspecified atom stereocenters. The van der Waals surface area contributed by atoms with Crippen molar-refractivity contribution in [3.05, 3.63) is 27.7 Å². The van der Waals surface area contributed by atoms with Gasteiger partial charge < -0.3 is 9.84 Å². The van der Waals surface area contributed by atoms with Gasteiger partial charge in [-0.2, -0.15) is 8.78 Å². The molecule has 6 heteroatoms. The van der Waals surface area contributed by atoms with Gasteiger partial charge in [0.15, 0.2) is 5.75 Å². The lowest BCUT2D eigenvalue weighted by atomic mass is 10.0. The first-order chi connectivity index (χ1) is 7.82. The number of halogens is 3. The maximum absolute atomic E-state index is 12.2. The van der Waals surface area contributed by atoms with Crippen LogP contribution in [0.25, 0.3) is 0 Å². The minimum Gasteiger partial charge on any atom is -0.478 e. The summed E-state index contributed by atoms with van der Waals surface area (Å²) in [4.78, 5) is 11.0. The van der Waals surface area contributed by atoms with Crippen molar-refractivity contribution in [3.8, 4) is 5.75 Å². The molecule has 0 spiro atoms. The Labute approximate surface area is 106 Å². The number of hydrogen-bond acceptors (Lipinski definition) is 2. The van der Waals surface area contributed by atoms with Gasteiger partial charge in [0.2, 0.25) is 0 Å². The van der Waals surface area contributed by atoms with E-state index in [9.17, 15) is 13.6 Å². The molecule has 1 aromatic rings. The molecule has 0 amide bonds. The average molecular weight is 309 g/mol. The molecule has 0 saturated heterocycles. The highest BCUT2D eigenvalue weighted by Gasteiger charge is 2.20. The van der Waals surface area contributed by atoms with E-state index in [1.165, 1.54) is 6.07 Å². The third-order valence-corrected chi connectivity index (χ3v) is 2.76. The minimum absolute atomic E-state index is 0.0880. The Bertz CT molecular complexity index is 433. The smallest absolute Gasteiger partial charge is 0.387 e. The summed E-state index contributed by atoms with van der Waals surface area (Å²) in [6, 6.07) is 2.92. The lowest BCUT2D eigenvalue weighted by Gasteiger charge is -2.13. The van der Waals surface area contributed by atoms with Crippen LogP contribution in [-0.4, -0.2) is 17.7 Å². The van der Waals surface area contributed by atoms with Crippen molar-refractivity contribution in [1.29, 1.82) is 0 Å². The number of ether oxygens (including phenoxy) is 1. The maximum Gasteiger partial charge on any atom is 0.387 e. The average Bonchev–Trinajstić information content (AvgIpc) is 2.19. The maximum atomic E-state index is 12.2. The molecule has 94 valence electrons. The first kappa shape index (κ1) is 13.9. The second-order valence-electron chi connectivity index (χ2n) is 3.72. The monoisotopic (exact) mass is 308 g/mol. The van der Waals surface area contributed by atoms with E-state index in [4.69, 9.17) is 5.11 Å². The number of rotatable bonds is 4. The van der Waals surface area contributed by atoms with E-state index in [1.807, 2.05) is 13.8 Å². The fourth-order valence-corrected chi connectivity index (χ4v) is 1.89. The van der Waals surface area contributed by atoms with Gasteiger partial charge in [0.05, 0.1) is 4.47 Å². The summed E-state index contributed by atoms with van der Waals surface area (Å²) in [5.74, 6) is -1.56. The number of carboxylic acids is 1. The lowest BCUT2D eigenvalue weighted by Crippen LogP contribution is -2.09. The van der Waals surface area contributed by atoms with Crippen LogP contribution in [0, 0.1) is 0 Å². The van der Waals surface area contributed by atoms with Crippen LogP contribution in [0.15, 0.2) is 16.6 Å². The molecule has 0 fully saturated rings. The van der Waals surface area contributed by atoms with E-state index in [-0.39, 0.29) is 21.7 Å². The Morgan fingerprint density at radius 2 is 2.00 bits per heavy atom. The Morgan fingerprint density at radius 3 is 2.41 bits per heavy atom. The molecule has 0 heterocycles. The molecule has 1 rings (SSSR count). The summed E-state index contributed by atoms with van der Waals surface area (Å²) in [7, 11) is 0. The summed E-state index contributed by atoms with van der Waals surface area (Å²) in [5.41, 5.74) is 0.458. The van der Waals surface area contributed by atoms with Crippen molar-refractivity contribution >= 4 is 21.9 Å². The van der Waals surface area contributed by atoms with Crippen LogP contribution in [-0.2, 0) is 0 Å². The van der Waals surface area contributed by atoms with Crippen LogP contribution >= 0.6 is 15.9 Å². The molecule has 0 bridgehead atoms. The topological polar surface area (TPSA) is 46.5 Å². The zero-order valence-corrected chi connectivity index (χ0v) is 10.8. The fraction of sp³-hybridized carbons (Fsp3) is 0.364. The molecule has 17 heavy (non-hydrogen) atoms. The highest BCUT2D eigenvalue weighted by atomic mass is 79.9. The molecule has 0 aromatic heterocycles. The van der Waals surface area contributed by atoms with Gasteiger partial charge in [0, 0.05) is 0 Å². The first-order valence-corrected chi connectivity index (χ1v) is 5.63. The van der Waals surface area contributed by atoms with Gasteiger partial charge in [-0.1, -0.05) is 13.8 Å². The Balaban J connectivity index is 3.33. The number of alkyl halides is 2. The molecule has 1 aromatic carbocycles. The van der Waals surface area contributed by atoms with Gasteiger partial charge in [-0.25, -0.2) is 4.79 Å². The van der Waals surface area contributed by atoms with Crippen LogP contribution in [0.2, 0.25) is 0 Å². The summed E-state index contributed by atoms with van der Waals surface area (Å²) in [6.45, 7) is 0.691. The Hall–Kier alpha value is -1.17. The zero-order chi connectivity index (χ0) is 13.2. The number of carbonyl (C=O) groups is 1. The fourth-order valence-electron chi connectivity index (χ4n) is 1.32. The standard InChI is InChI=1S/C11H11BrF2O3/c1-5(2)6-3-7(10(15)16)9(8(12)4-6)17-11(13)14/h3-5,11H,1-2H3,(H,15,16). The number of benzene rings is 1. The summed E-state index contributed by atoms with van der Waals surface area (Å²) in [5, 5.41) is 8.96. The normalized spacial score (nSPS) is 11.0. The van der Waals surface area contributed by atoms with Crippen LogP contribution in [0.5, 0.6) is 5.75 Å². The quantitative estimate of drug-likeness (QED) is 0.918. The molecule has 0 aliphatic rings. The molecular weight excluding hydrogens is 298 g/mol. The van der Waals surface area contributed by atoms with Gasteiger partial charge >= 0.3 is 12.6 Å². The third kappa shape index (κ3) is 3.39. The van der Waals surface area contributed by atoms with E-state index in [0.29, 0.717) is 0 Å².